The number of nitrogens with two attached hydrogens (primary N) is 1. The SMILES string of the molecule is NC(=O)CCOCC1CCCCCN1. The van der Waals surface area contributed by atoms with Crippen molar-refractivity contribution in [3.63, 3.8) is 0 Å². The van der Waals surface area contributed by atoms with Crippen LogP contribution in [-0.4, -0.2) is 31.7 Å². The summed E-state index contributed by atoms with van der Waals surface area (Å²) in [5.41, 5.74) is 5.00. The Balaban J connectivity index is 2.01. The summed E-state index contributed by atoms with van der Waals surface area (Å²) in [7, 11) is 0. The van der Waals surface area contributed by atoms with Gasteiger partial charge in [-0.05, 0) is 19.4 Å². The fourth-order valence-corrected chi connectivity index (χ4v) is 1.64. The van der Waals surface area contributed by atoms with Crippen molar-refractivity contribution in [1.82, 2.24) is 5.32 Å². The van der Waals surface area contributed by atoms with Gasteiger partial charge in [0.15, 0.2) is 0 Å². The molecule has 1 atom stereocenters. The molecule has 1 saturated heterocycles. The third-order valence-electron chi connectivity index (χ3n) is 2.47. The monoisotopic (exact) mass is 200 g/mol. The van der Waals surface area contributed by atoms with Gasteiger partial charge in [0.25, 0.3) is 0 Å². The minimum Gasteiger partial charge on any atom is -0.379 e. The van der Waals surface area contributed by atoms with Crippen molar-refractivity contribution in [3.8, 4) is 0 Å². The van der Waals surface area contributed by atoms with Gasteiger partial charge in [-0.2, -0.15) is 0 Å². The third kappa shape index (κ3) is 5.19. The highest BCUT2D eigenvalue weighted by Gasteiger charge is 2.10. The zero-order valence-corrected chi connectivity index (χ0v) is 8.63. The van der Waals surface area contributed by atoms with Crippen LogP contribution in [0.3, 0.4) is 0 Å². The van der Waals surface area contributed by atoms with E-state index in [0.717, 1.165) is 6.54 Å². The summed E-state index contributed by atoms with van der Waals surface area (Å²) >= 11 is 0. The molecular formula is C10H20N2O2. The molecule has 0 saturated carbocycles. The van der Waals surface area contributed by atoms with Crippen LogP contribution in [0, 0.1) is 0 Å². The van der Waals surface area contributed by atoms with E-state index in [1.165, 1.54) is 25.7 Å². The van der Waals surface area contributed by atoms with Crippen LogP contribution < -0.4 is 11.1 Å². The molecule has 0 aromatic heterocycles. The van der Waals surface area contributed by atoms with Gasteiger partial charge in [0.05, 0.1) is 13.2 Å². The van der Waals surface area contributed by atoms with Crippen LogP contribution in [0.5, 0.6) is 0 Å². The number of primary amides is 1. The number of carbonyl (C=O) groups is 1. The van der Waals surface area contributed by atoms with Crippen LogP contribution in [0.25, 0.3) is 0 Å². The summed E-state index contributed by atoms with van der Waals surface area (Å²) in [6, 6.07) is 0.463. The lowest BCUT2D eigenvalue weighted by Crippen LogP contribution is -2.33. The van der Waals surface area contributed by atoms with Gasteiger partial charge in [0, 0.05) is 12.5 Å². The fourth-order valence-electron chi connectivity index (χ4n) is 1.64. The Morgan fingerprint density at radius 3 is 3.07 bits per heavy atom. The van der Waals surface area contributed by atoms with E-state index in [2.05, 4.69) is 5.32 Å². The van der Waals surface area contributed by atoms with Crippen molar-refractivity contribution in [2.45, 2.75) is 38.1 Å². The number of rotatable bonds is 5. The molecule has 3 N–H and O–H groups in total. The Morgan fingerprint density at radius 1 is 1.43 bits per heavy atom. The van der Waals surface area contributed by atoms with Gasteiger partial charge in [0.1, 0.15) is 0 Å². The summed E-state index contributed by atoms with van der Waals surface area (Å²) < 4.78 is 5.38. The van der Waals surface area contributed by atoms with Crippen molar-refractivity contribution in [1.29, 1.82) is 0 Å². The van der Waals surface area contributed by atoms with Gasteiger partial charge >= 0.3 is 0 Å². The highest BCUT2D eigenvalue weighted by Crippen LogP contribution is 2.08. The summed E-state index contributed by atoms with van der Waals surface area (Å²) in [5.74, 6) is -0.293. The van der Waals surface area contributed by atoms with Gasteiger partial charge < -0.3 is 15.8 Å². The zero-order valence-electron chi connectivity index (χ0n) is 8.63. The normalized spacial score (nSPS) is 23.0. The van der Waals surface area contributed by atoms with E-state index in [4.69, 9.17) is 10.5 Å². The molecule has 0 spiro atoms. The summed E-state index contributed by atoms with van der Waals surface area (Å²) in [6.07, 6.45) is 5.35. The smallest absolute Gasteiger partial charge is 0.219 e. The third-order valence-corrected chi connectivity index (χ3v) is 2.47. The van der Waals surface area contributed by atoms with Gasteiger partial charge in [-0.1, -0.05) is 12.8 Å². The predicted octanol–water partition coefficient (Wildman–Crippen LogP) is 0.411. The summed E-state index contributed by atoms with van der Waals surface area (Å²) in [6.45, 7) is 2.24. The Labute approximate surface area is 85.2 Å². The minimum absolute atomic E-state index is 0.293. The molecule has 1 heterocycles. The number of amides is 1. The van der Waals surface area contributed by atoms with Crippen molar-refractivity contribution in [2.24, 2.45) is 5.73 Å². The maximum atomic E-state index is 10.4. The topological polar surface area (TPSA) is 64.4 Å². The molecule has 4 nitrogen and oxygen atoms in total. The predicted molar refractivity (Wildman–Crippen MR) is 54.9 cm³/mol. The van der Waals surface area contributed by atoms with Gasteiger partial charge in [-0.15, -0.1) is 0 Å². The van der Waals surface area contributed by atoms with Crippen molar-refractivity contribution in [2.75, 3.05) is 19.8 Å². The molecule has 0 aromatic rings. The average molecular weight is 200 g/mol. The van der Waals surface area contributed by atoms with E-state index in [-0.39, 0.29) is 5.91 Å². The fraction of sp³-hybridized carbons (Fsp3) is 0.900. The van der Waals surface area contributed by atoms with E-state index < -0.39 is 0 Å². The number of carbonyl (C=O) groups excluding carboxylic acids is 1. The molecule has 0 aromatic carbocycles. The van der Waals surface area contributed by atoms with Crippen molar-refractivity contribution in [3.05, 3.63) is 0 Å². The molecule has 1 unspecified atom stereocenters. The molecule has 82 valence electrons. The van der Waals surface area contributed by atoms with E-state index >= 15 is 0 Å². The molecular weight excluding hydrogens is 180 g/mol. The zero-order chi connectivity index (χ0) is 10.2. The summed E-state index contributed by atoms with van der Waals surface area (Å²) in [4.78, 5) is 10.4. The first-order chi connectivity index (χ1) is 6.79. The summed E-state index contributed by atoms with van der Waals surface area (Å²) in [5, 5.41) is 3.43. The van der Waals surface area contributed by atoms with Crippen LogP contribution in [-0.2, 0) is 9.53 Å². The Bertz CT molecular complexity index is 166. The van der Waals surface area contributed by atoms with Crippen LogP contribution in [0.2, 0.25) is 0 Å². The van der Waals surface area contributed by atoms with Crippen LogP contribution in [0.1, 0.15) is 32.1 Å². The lowest BCUT2D eigenvalue weighted by atomic mass is 10.1. The maximum absolute atomic E-state index is 10.4. The Morgan fingerprint density at radius 2 is 2.29 bits per heavy atom. The lowest BCUT2D eigenvalue weighted by Gasteiger charge is -2.15. The van der Waals surface area contributed by atoms with E-state index in [1.807, 2.05) is 0 Å². The number of nitrogens with one attached hydrogen (secondary N) is 1. The van der Waals surface area contributed by atoms with Crippen LogP contribution >= 0.6 is 0 Å². The lowest BCUT2D eigenvalue weighted by molar-refractivity contribution is -0.119. The largest absolute Gasteiger partial charge is 0.379 e. The molecule has 1 aliphatic heterocycles. The van der Waals surface area contributed by atoms with Crippen LogP contribution in [0.4, 0.5) is 0 Å². The molecule has 1 rings (SSSR count). The van der Waals surface area contributed by atoms with E-state index in [9.17, 15) is 4.79 Å². The second-order valence-electron chi connectivity index (χ2n) is 3.79. The minimum atomic E-state index is -0.293. The molecule has 0 bridgehead atoms. The highest BCUT2D eigenvalue weighted by atomic mass is 16.5. The van der Waals surface area contributed by atoms with Gasteiger partial charge in [-0.25, -0.2) is 0 Å². The first-order valence-electron chi connectivity index (χ1n) is 5.38. The molecule has 4 heteroatoms. The van der Waals surface area contributed by atoms with Crippen molar-refractivity contribution < 1.29 is 9.53 Å². The standard InChI is InChI=1S/C10H20N2O2/c11-10(13)5-7-14-8-9-4-2-1-3-6-12-9/h9,12H,1-8H2,(H2,11,13). The Kier molecular flexibility index (Phi) is 5.56. The second kappa shape index (κ2) is 6.79. The molecule has 1 aliphatic rings. The van der Waals surface area contributed by atoms with Gasteiger partial charge in [-0.3, -0.25) is 4.79 Å². The first kappa shape index (κ1) is 11.5. The molecule has 0 radical (unpaired) electrons. The van der Waals surface area contributed by atoms with Crippen molar-refractivity contribution >= 4 is 5.91 Å². The molecule has 0 aliphatic carbocycles. The molecule has 1 amide bonds. The van der Waals surface area contributed by atoms with Crippen LogP contribution in [0.15, 0.2) is 0 Å². The molecule has 1 fully saturated rings. The van der Waals surface area contributed by atoms with E-state index in [0.29, 0.717) is 25.7 Å². The molecule has 14 heavy (non-hydrogen) atoms. The highest BCUT2D eigenvalue weighted by molar-refractivity contribution is 5.73. The Hall–Kier alpha value is -0.610. The first-order valence-corrected chi connectivity index (χ1v) is 5.38. The van der Waals surface area contributed by atoms with Gasteiger partial charge in [0.2, 0.25) is 5.91 Å². The second-order valence-corrected chi connectivity index (χ2v) is 3.79. The number of hydrogen-bond donors (Lipinski definition) is 2. The maximum Gasteiger partial charge on any atom is 0.219 e. The van der Waals surface area contributed by atoms with E-state index in [1.54, 1.807) is 0 Å². The average Bonchev–Trinajstić information content (AvgIpc) is 2.40. The number of hydrogen-bond acceptors (Lipinski definition) is 3. The number of ether oxygens (including phenoxy) is 1. The quantitative estimate of drug-likeness (QED) is 0.632.